The quantitative estimate of drug-likeness (QED) is 0.914. The summed E-state index contributed by atoms with van der Waals surface area (Å²) in [6.07, 6.45) is -0.714. The Labute approximate surface area is 124 Å². The monoisotopic (exact) mass is 289 g/mol. The van der Waals surface area contributed by atoms with Gasteiger partial charge in [-0.25, -0.2) is 4.39 Å². The van der Waals surface area contributed by atoms with Crippen LogP contribution in [0.3, 0.4) is 0 Å². The largest absolute Gasteiger partial charge is 0.497 e. The summed E-state index contributed by atoms with van der Waals surface area (Å²) in [4.78, 5) is 1.80. The van der Waals surface area contributed by atoms with Crippen molar-refractivity contribution in [3.05, 3.63) is 59.4 Å². The Kier molecular flexibility index (Phi) is 4.81. The van der Waals surface area contributed by atoms with E-state index in [1.807, 2.05) is 31.3 Å². The predicted molar refractivity (Wildman–Crippen MR) is 82.1 cm³/mol. The van der Waals surface area contributed by atoms with Crippen molar-refractivity contribution in [2.24, 2.45) is 0 Å². The van der Waals surface area contributed by atoms with Gasteiger partial charge in [0.15, 0.2) is 0 Å². The summed E-state index contributed by atoms with van der Waals surface area (Å²) in [6.45, 7) is 2.18. The second-order valence-corrected chi connectivity index (χ2v) is 5.06. The van der Waals surface area contributed by atoms with E-state index < -0.39 is 6.10 Å². The summed E-state index contributed by atoms with van der Waals surface area (Å²) in [6, 6.07) is 12.4. The zero-order chi connectivity index (χ0) is 15.4. The Morgan fingerprint density at radius 2 is 1.86 bits per heavy atom. The van der Waals surface area contributed by atoms with Crippen molar-refractivity contribution in [2.45, 2.75) is 19.6 Å². The van der Waals surface area contributed by atoms with Gasteiger partial charge < -0.3 is 14.7 Å². The van der Waals surface area contributed by atoms with Gasteiger partial charge in [-0.15, -0.1) is 0 Å². The van der Waals surface area contributed by atoms with Gasteiger partial charge in [0.25, 0.3) is 0 Å². The summed E-state index contributed by atoms with van der Waals surface area (Å²) >= 11 is 0. The lowest BCUT2D eigenvalue weighted by atomic mass is 10.1. The molecule has 0 amide bonds. The van der Waals surface area contributed by atoms with Crippen LogP contribution in [0, 0.1) is 5.82 Å². The van der Waals surface area contributed by atoms with E-state index in [1.54, 1.807) is 31.1 Å². The molecule has 1 N–H and O–H groups in total. The molecule has 0 aromatic heterocycles. The van der Waals surface area contributed by atoms with Crippen LogP contribution in [-0.4, -0.2) is 19.3 Å². The van der Waals surface area contributed by atoms with Crippen LogP contribution in [0.15, 0.2) is 42.5 Å². The van der Waals surface area contributed by atoms with E-state index in [-0.39, 0.29) is 5.82 Å². The minimum atomic E-state index is -0.714. The highest BCUT2D eigenvalue weighted by atomic mass is 19.1. The number of anilines is 1. The molecule has 2 aromatic rings. The first-order valence-corrected chi connectivity index (χ1v) is 6.83. The van der Waals surface area contributed by atoms with E-state index >= 15 is 0 Å². The number of rotatable bonds is 5. The zero-order valence-electron chi connectivity index (χ0n) is 12.5. The molecule has 0 saturated carbocycles. The van der Waals surface area contributed by atoms with Crippen LogP contribution in [0.25, 0.3) is 0 Å². The molecule has 0 bridgehead atoms. The van der Waals surface area contributed by atoms with Crippen molar-refractivity contribution < 1.29 is 14.2 Å². The first-order valence-electron chi connectivity index (χ1n) is 6.83. The topological polar surface area (TPSA) is 32.7 Å². The number of benzene rings is 2. The second kappa shape index (κ2) is 6.59. The van der Waals surface area contributed by atoms with Gasteiger partial charge in [-0.05, 0) is 30.7 Å². The summed E-state index contributed by atoms with van der Waals surface area (Å²) in [5.41, 5.74) is 2.06. The van der Waals surface area contributed by atoms with Gasteiger partial charge in [0.1, 0.15) is 11.6 Å². The van der Waals surface area contributed by atoms with Crippen LogP contribution in [-0.2, 0) is 6.54 Å². The molecule has 3 nitrogen and oxygen atoms in total. The van der Waals surface area contributed by atoms with Gasteiger partial charge in [-0.3, -0.25) is 0 Å². The zero-order valence-corrected chi connectivity index (χ0v) is 12.5. The molecule has 0 unspecified atom stereocenters. The fourth-order valence-corrected chi connectivity index (χ4v) is 2.36. The molecule has 0 aliphatic rings. The van der Waals surface area contributed by atoms with Crippen LogP contribution in [0.5, 0.6) is 5.75 Å². The Balaban J connectivity index is 2.25. The number of hydrogen-bond acceptors (Lipinski definition) is 3. The molecule has 0 spiro atoms. The molecule has 112 valence electrons. The van der Waals surface area contributed by atoms with Gasteiger partial charge >= 0.3 is 0 Å². The number of aliphatic hydroxyl groups excluding tert-OH is 1. The van der Waals surface area contributed by atoms with Gasteiger partial charge in [0, 0.05) is 19.2 Å². The minimum Gasteiger partial charge on any atom is -0.497 e. The highest BCUT2D eigenvalue weighted by molar-refractivity contribution is 5.55. The summed E-state index contributed by atoms with van der Waals surface area (Å²) < 4.78 is 19.2. The lowest BCUT2D eigenvalue weighted by Gasteiger charge is -2.24. The molecule has 0 aliphatic carbocycles. The Bertz CT molecular complexity index is 596. The van der Waals surface area contributed by atoms with Crippen molar-refractivity contribution in [3.8, 4) is 5.75 Å². The number of aliphatic hydroxyl groups is 1. The SMILES string of the molecule is COc1ccc(CN(C)c2c(F)cccc2[C@H](C)O)cc1. The molecule has 21 heavy (non-hydrogen) atoms. The van der Waals surface area contributed by atoms with Crippen molar-refractivity contribution in [2.75, 3.05) is 19.1 Å². The molecule has 0 saturated heterocycles. The maximum atomic E-state index is 14.1. The molecule has 0 aliphatic heterocycles. The summed E-state index contributed by atoms with van der Waals surface area (Å²) in [5.74, 6) is 0.460. The lowest BCUT2D eigenvalue weighted by Crippen LogP contribution is -2.20. The standard InChI is InChI=1S/C17H20FNO2/c1-12(20)15-5-4-6-16(18)17(15)19(2)11-13-7-9-14(21-3)10-8-13/h4-10,12,20H,11H2,1-3H3/t12-/m0/s1. The van der Waals surface area contributed by atoms with Crippen LogP contribution < -0.4 is 9.64 Å². The molecule has 2 aromatic carbocycles. The average Bonchev–Trinajstić information content (AvgIpc) is 2.47. The molecular weight excluding hydrogens is 269 g/mol. The number of para-hydroxylation sites is 1. The highest BCUT2D eigenvalue weighted by Crippen LogP contribution is 2.29. The van der Waals surface area contributed by atoms with Gasteiger partial charge in [-0.1, -0.05) is 24.3 Å². The van der Waals surface area contributed by atoms with Crippen LogP contribution in [0.4, 0.5) is 10.1 Å². The van der Waals surface area contributed by atoms with E-state index in [0.29, 0.717) is 17.8 Å². The van der Waals surface area contributed by atoms with Crippen LogP contribution in [0.2, 0.25) is 0 Å². The van der Waals surface area contributed by atoms with E-state index in [0.717, 1.165) is 11.3 Å². The third kappa shape index (κ3) is 3.52. The Morgan fingerprint density at radius 1 is 1.19 bits per heavy atom. The van der Waals surface area contributed by atoms with Crippen molar-refractivity contribution >= 4 is 5.69 Å². The third-order valence-electron chi connectivity index (χ3n) is 3.43. The van der Waals surface area contributed by atoms with Crippen LogP contribution >= 0.6 is 0 Å². The molecule has 0 fully saturated rings. The number of hydrogen-bond donors (Lipinski definition) is 1. The number of nitrogens with zero attached hydrogens (tertiary/aromatic N) is 1. The van der Waals surface area contributed by atoms with E-state index in [2.05, 4.69) is 0 Å². The van der Waals surface area contributed by atoms with Crippen LogP contribution in [0.1, 0.15) is 24.2 Å². The summed E-state index contributed by atoms with van der Waals surface area (Å²) in [7, 11) is 3.43. The molecular formula is C17H20FNO2. The molecule has 0 radical (unpaired) electrons. The van der Waals surface area contributed by atoms with Gasteiger partial charge in [0.2, 0.25) is 0 Å². The van der Waals surface area contributed by atoms with Crippen molar-refractivity contribution in [3.63, 3.8) is 0 Å². The number of methoxy groups -OCH3 is 1. The fourth-order valence-electron chi connectivity index (χ4n) is 2.36. The first-order chi connectivity index (χ1) is 10.0. The van der Waals surface area contributed by atoms with E-state index in [9.17, 15) is 9.50 Å². The minimum absolute atomic E-state index is 0.329. The van der Waals surface area contributed by atoms with E-state index in [4.69, 9.17) is 4.74 Å². The third-order valence-corrected chi connectivity index (χ3v) is 3.43. The maximum Gasteiger partial charge on any atom is 0.146 e. The normalized spacial score (nSPS) is 12.0. The molecule has 2 rings (SSSR count). The highest BCUT2D eigenvalue weighted by Gasteiger charge is 2.16. The van der Waals surface area contributed by atoms with Crippen molar-refractivity contribution in [1.29, 1.82) is 0 Å². The average molecular weight is 289 g/mol. The lowest BCUT2D eigenvalue weighted by molar-refractivity contribution is 0.199. The smallest absolute Gasteiger partial charge is 0.146 e. The fraction of sp³-hybridized carbons (Fsp3) is 0.294. The first kappa shape index (κ1) is 15.3. The maximum absolute atomic E-state index is 14.1. The Morgan fingerprint density at radius 3 is 2.43 bits per heavy atom. The second-order valence-electron chi connectivity index (χ2n) is 5.06. The molecule has 1 atom stereocenters. The van der Waals surface area contributed by atoms with Gasteiger partial charge in [-0.2, -0.15) is 0 Å². The molecule has 4 heteroatoms. The van der Waals surface area contributed by atoms with E-state index in [1.165, 1.54) is 6.07 Å². The Hall–Kier alpha value is -2.07. The van der Waals surface area contributed by atoms with Crippen molar-refractivity contribution in [1.82, 2.24) is 0 Å². The number of halogens is 1. The van der Waals surface area contributed by atoms with Gasteiger partial charge in [0.05, 0.1) is 18.9 Å². The molecule has 0 heterocycles. The number of ether oxygens (including phenoxy) is 1. The summed E-state index contributed by atoms with van der Waals surface area (Å²) in [5, 5.41) is 9.80. The predicted octanol–water partition coefficient (Wildman–Crippen LogP) is 3.52.